The molecule has 0 aliphatic carbocycles. The molecular formula is C18H23N3O4S. The average molecular weight is 377 g/mol. The van der Waals surface area contributed by atoms with Gasteiger partial charge >= 0.3 is 0 Å². The van der Waals surface area contributed by atoms with Gasteiger partial charge in [-0.2, -0.15) is 0 Å². The number of methoxy groups -OCH3 is 1. The summed E-state index contributed by atoms with van der Waals surface area (Å²) < 4.78 is 12.4. The highest BCUT2D eigenvalue weighted by molar-refractivity contribution is 7.99. The van der Waals surface area contributed by atoms with E-state index >= 15 is 0 Å². The van der Waals surface area contributed by atoms with Crippen LogP contribution in [0.4, 0.5) is 0 Å². The zero-order valence-corrected chi connectivity index (χ0v) is 15.6. The number of hydrogen-bond donors (Lipinski definition) is 1. The van der Waals surface area contributed by atoms with E-state index in [-0.39, 0.29) is 12.5 Å². The molecule has 0 unspecified atom stereocenters. The number of aromatic nitrogens is 2. The molecule has 2 heterocycles. The van der Waals surface area contributed by atoms with Crippen molar-refractivity contribution in [1.29, 1.82) is 0 Å². The predicted octanol–water partition coefficient (Wildman–Crippen LogP) is 1.38. The molecular weight excluding hydrogens is 354 g/mol. The fourth-order valence-corrected chi connectivity index (χ4v) is 3.65. The number of morpholine rings is 1. The van der Waals surface area contributed by atoms with Crippen LogP contribution in [0, 0.1) is 0 Å². The number of amides is 1. The minimum atomic E-state index is -0.0961. The van der Waals surface area contributed by atoms with E-state index in [1.54, 1.807) is 13.3 Å². The summed E-state index contributed by atoms with van der Waals surface area (Å²) in [5.74, 6) is 1.21. The third kappa shape index (κ3) is 4.57. The van der Waals surface area contributed by atoms with E-state index in [4.69, 9.17) is 9.47 Å². The van der Waals surface area contributed by atoms with E-state index in [0.717, 1.165) is 22.2 Å². The van der Waals surface area contributed by atoms with Gasteiger partial charge in [-0.25, -0.2) is 4.98 Å². The standard InChI is InChI=1S/C18H23N3O4S/c1-24-16-4-2-14(3-5-16)11-21-15(12-22)10-19-18(21)26-13-17(23)20-6-8-25-9-7-20/h2-5,10,22H,6-9,11-13H2,1H3. The van der Waals surface area contributed by atoms with Crippen molar-refractivity contribution in [2.75, 3.05) is 39.2 Å². The van der Waals surface area contributed by atoms with Crippen LogP contribution in [-0.4, -0.2) is 64.6 Å². The van der Waals surface area contributed by atoms with Crippen molar-refractivity contribution in [2.24, 2.45) is 0 Å². The third-order valence-corrected chi connectivity index (χ3v) is 5.23. The van der Waals surface area contributed by atoms with Gasteiger partial charge in [-0.15, -0.1) is 0 Å². The van der Waals surface area contributed by atoms with E-state index in [1.165, 1.54) is 11.8 Å². The van der Waals surface area contributed by atoms with E-state index in [2.05, 4.69) is 4.98 Å². The third-order valence-electron chi connectivity index (χ3n) is 4.25. The number of nitrogens with zero attached hydrogens (tertiary/aromatic N) is 3. The van der Waals surface area contributed by atoms with Gasteiger partial charge in [-0.1, -0.05) is 23.9 Å². The molecule has 8 heteroatoms. The summed E-state index contributed by atoms with van der Waals surface area (Å²) in [5, 5.41) is 10.3. The topological polar surface area (TPSA) is 76.8 Å². The molecule has 1 amide bonds. The van der Waals surface area contributed by atoms with Crippen molar-refractivity contribution < 1.29 is 19.4 Å². The number of hydrogen-bond acceptors (Lipinski definition) is 6. The number of aliphatic hydroxyl groups is 1. The summed E-state index contributed by atoms with van der Waals surface area (Å²) in [6, 6.07) is 7.76. The van der Waals surface area contributed by atoms with Crippen LogP contribution in [0.3, 0.4) is 0 Å². The lowest BCUT2D eigenvalue weighted by Crippen LogP contribution is -2.41. The summed E-state index contributed by atoms with van der Waals surface area (Å²) in [5.41, 5.74) is 1.79. The Labute approximate surface area is 156 Å². The minimum absolute atomic E-state index is 0.0860. The zero-order valence-electron chi connectivity index (χ0n) is 14.8. The van der Waals surface area contributed by atoms with Gasteiger partial charge in [0.25, 0.3) is 0 Å². The fourth-order valence-electron chi connectivity index (χ4n) is 2.75. The van der Waals surface area contributed by atoms with Crippen LogP contribution in [0.25, 0.3) is 0 Å². The Balaban J connectivity index is 1.67. The van der Waals surface area contributed by atoms with Crippen molar-refractivity contribution in [1.82, 2.24) is 14.5 Å². The van der Waals surface area contributed by atoms with E-state index in [9.17, 15) is 9.90 Å². The molecule has 7 nitrogen and oxygen atoms in total. The molecule has 3 rings (SSSR count). The molecule has 0 radical (unpaired) electrons. The van der Waals surface area contributed by atoms with Crippen molar-refractivity contribution >= 4 is 17.7 Å². The maximum absolute atomic E-state index is 12.3. The van der Waals surface area contributed by atoms with Crippen LogP contribution in [0.1, 0.15) is 11.3 Å². The van der Waals surface area contributed by atoms with Gasteiger partial charge < -0.3 is 24.0 Å². The van der Waals surface area contributed by atoms with Crippen molar-refractivity contribution in [3.05, 3.63) is 41.7 Å². The van der Waals surface area contributed by atoms with Crippen LogP contribution < -0.4 is 4.74 Å². The minimum Gasteiger partial charge on any atom is -0.497 e. The SMILES string of the molecule is COc1ccc(Cn2c(CO)cnc2SCC(=O)N2CCOCC2)cc1. The van der Waals surface area contributed by atoms with Crippen LogP contribution >= 0.6 is 11.8 Å². The number of ether oxygens (including phenoxy) is 2. The maximum Gasteiger partial charge on any atom is 0.233 e. The van der Waals surface area contributed by atoms with E-state index in [0.29, 0.717) is 38.6 Å². The number of thioether (sulfide) groups is 1. The average Bonchev–Trinajstić information content (AvgIpc) is 3.09. The monoisotopic (exact) mass is 377 g/mol. The lowest BCUT2D eigenvalue weighted by Gasteiger charge is -2.26. The summed E-state index contributed by atoms with van der Waals surface area (Å²) in [4.78, 5) is 18.5. The lowest BCUT2D eigenvalue weighted by atomic mass is 10.2. The van der Waals surface area contributed by atoms with Gasteiger partial charge in [0.1, 0.15) is 5.75 Å². The highest BCUT2D eigenvalue weighted by atomic mass is 32.2. The van der Waals surface area contributed by atoms with Gasteiger partial charge in [-0.05, 0) is 17.7 Å². The van der Waals surface area contributed by atoms with E-state index < -0.39 is 0 Å². The molecule has 1 saturated heterocycles. The molecule has 1 aliphatic rings. The Kier molecular flexibility index (Phi) is 6.54. The van der Waals surface area contributed by atoms with Gasteiger partial charge in [0.2, 0.25) is 5.91 Å². The second-order valence-corrected chi connectivity index (χ2v) is 6.85. The Hall–Kier alpha value is -2.03. The van der Waals surface area contributed by atoms with Gasteiger partial charge in [-0.3, -0.25) is 4.79 Å². The van der Waals surface area contributed by atoms with Crippen LogP contribution in [-0.2, 0) is 22.7 Å². The Morgan fingerprint density at radius 1 is 1.31 bits per heavy atom. The van der Waals surface area contributed by atoms with E-state index in [1.807, 2.05) is 33.7 Å². The summed E-state index contributed by atoms with van der Waals surface area (Å²) in [7, 11) is 1.63. The molecule has 1 fully saturated rings. The van der Waals surface area contributed by atoms with Crippen LogP contribution in [0.5, 0.6) is 5.75 Å². The highest BCUT2D eigenvalue weighted by Gasteiger charge is 2.18. The molecule has 0 saturated carbocycles. The Bertz CT molecular complexity index is 727. The smallest absolute Gasteiger partial charge is 0.233 e. The first kappa shape index (κ1) is 18.8. The number of imidazole rings is 1. The van der Waals surface area contributed by atoms with Gasteiger partial charge in [0.15, 0.2) is 5.16 Å². The number of carbonyl (C=O) groups excluding carboxylic acids is 1. The first-order chi connectivity index (χ1) is 12.7. The maximum atomic E-state index is 12.3. The second kappa shape index (κ2) is 9.07. The molecule has 2 aromatic rings. The molecule has 1 N–H and O–H groups in total. The highest BCUT2D eigenvalue weighted by Crippen LogP contribution is 2.22. The first-order valence-electron chi connectivity index (χ1n) is 8.47. The van der Waals surface area contributed by atoms with Crippen LogP contribution in [0.15, 0.2) is 35.6 Å². The number of aliphatic hydroxyl groups excluding tert-OH is 1. The molecule has 0 bridgehead atoms. The normalized spacial score (nSPS) is 14.5. The van der Waals surface area contributed by atoms with Crippen LogP contribution in [0.2, 0.25) is 0 Å². The molecule has 26 heavy (non-hydrogen) atoms. The Morgan fingerprint density at radius 2 is 2.04 bits per heavy atom. The molecule has 0 spiro atoms. The largest absolute Gasteiger partial charge is 0.497 e. The quantitative estimate of drug-likeness (QED) is 0.735. The van der Waals surface area contributed by atoms with Crippen molar-refractivity contribution in [3.63, 3.8) is 0 Å². The van der Waals surface area contributed by atoms with Crippen molar-refractivity contribution in [3.8, 4) is 5.75 Å². The number of benzene rings is 1. The summed E-state index contributed by atoms with van der Waals surface area (Å²) in [6.45, 7) is 2.95. The molecule has 140 valence electrons. The fraction of sp³-hybridized carbons (Fsp3) is 0.444. The van der Waals surface area contributed by atoms with Crippen molar-refractivity contribution in [2.45, 2.75) is 18.3 Å². The predicted molar refractivity (Wildman–Crippen MR) is 98.4 cm³/mol. The first-order valence-corrected chi connectivity index (χ1v) is 9.46. The summed E-state index contributed by atoms with van der Waals surface area (Å²) in [6.07, 6.45) is 1.66. The molecule has 1 aromatic carbocycles. The second-order valence-electron chi connectivity index (χ2n) is 5.91. The molecule has 1 aromatic heterocycles. The zero-order chi connectivity index (χ0) is 18.4. The number of rotatable bonds is 7. The van der Waals surface area contributed by atoms with Gasteiger partial charge in [0.05, 0.1) is 44.6 Å². The molecule has 0 atom stereocenters. The molecule has 1 aliphatic heterocycles. The van der Waals surface area contributed by atoms with Gasteiger partial charge in [0, 0.05) is 19.6 Å². The lowest BCUT2D eigenvalue weighted by molar-refractivity contribution is -0.132. The summed E-state index contributed by atoms with van der Waals surface area (Å²) >= 11 is 1.40. The number of carbonyl (C=O) groups is 1. The Morgan fingerprint density at radius 3 is 2.69 bits per heavy atom.